The summed E-state index contributed by atoms with van der Waals surface area (Å²) in [6, 6.07) is 1.80. The van der Waals surface area contributed by atoms with Crippen molar-refractivity contribution in [1.82, 2.24) is 9.80 Å². The number of nitrogens with two attached hydrogens (primary N) is 1. The molecule has 2 N–H and O–H groups in total. The molecule has 0 bridgehead atoms. The third-order valence-corrected chi connectivity index (χ3v) is 4.91. The van der Waals surface area contributed by atoms with E-state index in [1.165, 1.54) is 12.8 Å². The molecule has 2 saturated heterocycles. The van der Waals surface area contributed by atoms with Crippen LogP contribution in [0.15, 0.2) is 0 Å². The van der Waals surface area contributed by atoms with Crippen molar-refractivity contribution in [3.05, 3.63) is 0 Å². The van der Waals surface area contributed by atoms with Gasteiger partial charge in [-0.25, -0.2) is 0 Å². The molecule has 3 atom stereocenters. The summed E-state index contributed by atoms with van der Waals surface area (Å²) in [6.45, 7) is 9.56. The minimum atomic E-state index is 0.549. The Labute approximate surface area is 111 Å². The largest absolute Gasteiger partial charge is 0.381 e. The lowest BCUT2D eigenvalue weighted by atomic mass is 9.89. The van der Waals surface area contributed by atoms with Crippen molar-refractivity contribution in [2.75, 3.05) is 39.9 Å². The molecule has 3 unspecified atom stereocenters. The van der Waals surface area contributed by atoms with Gasteiger partial charge in [-0.05, 0) is 39.7 Å². The molecule has 0 amide bonds. The quantitative estimate of drug-likeness (QED) is 0.808. The van der Waals surface area contributed by atoms with Crippen LogP contribution in [-0.2, 0) is 4.74 Å². The summed E-state index contributed by atoms with van der Waals surface area (Å²) in [7, 11) is 2.23. The number of rotatable bonds is 3. The Kier molecular flexibility index (Phi) is 5.01. The van der Waals surface area contributed by atoms with Gasteiger partial charge in [0.15, 0.2) is 0 Å². The molecule has 4 heteroatoms. The predicted molar refractivity (Wildman–Crippen MR) is 74.6 cm³/mol. The Morgan fingerprint density at radius 2 is 1.72 bits per heavy atom. The van der Waals surface area contributed by atoms with Gasteiger partial charge in [0.1, 0.15) is 0 Å². The normalized spacial score (nSPS) is 34.7. The van der Waals surface area contributed by atoms with Crippen molar-refractivity contribution in [2.24, 2.45) is 11.7 Å². The van der Waals surface area contributed by atoms with Crippen LogP contribution in [0.1, 0.15) is 26.7 Å². The summed E-state index contributed by atoms with van der Waals surface area (Å²) in [6.07, 6.45) is 2.36. The van der Waals surface area contributed by atoms with Gasteiger partial charge >= 0.3 is 0 Å². The molecular formula is C14H29N3O. The highest BCUT2D eigenvalue weighted by molar-refractivity contribution is 4.90. The molecule has 0 aliphatic carbocycles. The first-order chi connectivity index (χ1) is 8.63. The molecule has 0 radical (unpaired) electrons. The van der Waals surface area contributed by atoms with Gasteiger partial charge in [-0.1, -0.05) is 0 Å². The topological polar surface area (TPSA) is 41.7 Å². The van der Waals surface area contributed by atoms with Crippen molar-refractivity contribution in [1.29, 1.82) is 0 Å². The van der Waals surface area contributed by atoms with Crippen molar-refractivity contribution in [3.8, 4) is 0 Å². The van der Waals surface area contributed by atoms with Crippen molar-refractivity contribution in [2.45, 2.75) is 44.8 Å². The summed E-state index contributed by atoms with van der Waals surface area (Å²) in [5.74, 6) is 0.728. The fourth-order valence-electron chi connectivity index (χ4n) is 3.46. The summed E-state index contributed by atoms with van der Waals surface area (Å²) in [5.41, 5.74) is 6.06. The molecule has 4 nitrogen and oxygen atoms in total. The molecule has 0 aromatic heterocycles. The number of hydrogen-bond acceptors (Lipinski definition) is 4. The molecule has 0 saturated carbocycles. The van der Waals surface area contributed by atoms with Gasteiger partial charge in [0.05, 0.1) is 0 Å². The highest BCUT2D eigenvalue weighted by Crippen LogP contribution is 2.25. The van der Waals surface area contributed by atoms with Gasteiger partial charge in [-0.2, -0.15) is 0 Å². The Bertz CT molecular complexity index is 243. The van der Waals surface area contributed by atoms with E-state index in [0.29, 0.717) is 18.1 Å². The maximum absolute atomic E-state index is 6.06. The maximum atomic E-state index is 6.06. The lowest BCUT2D eigenvalue weighted by Crippen LogP contribution is -2.60. The number of piperazine rings is 1. The fourth-order valence-corrected chi connectivity index (χ4v) is 3.46. The third-order valence-electron chi connectivity index (χ3n) is 4.91. The molecule has 0 spiro atoms. The van der Waals surface area contributed by atoms with E-state index < -0.39 is 0 Å². The second-order valence-corrected chi connectivity index (χ2v) is 6.07. The van der Waals surface area contributed by atoms with Gasteiger partial charge < -0.3 is 10.5 Å². The molecule has 0 aromatic carbocycles. The van der Waals surface area contributed by atoms with Gasteiger partial charge in [-0.3, -0.25) is 9.80 Å². The Balaban J connectivity index is 1.98. The second kappa shape index (κ2) is 6.33. The number of likely N-dealkylation sites (N-methyl/N-ethyl adjacent to an activating group) is 1. The third kappa shape index (κ3) is 3.05. The minimum Gasteiger partial charge on any atom is -0.381 e. The van der Waals surface area contributed by atoms with Crippen LogP contribution in [0.3, 0.4) is 0 Å². The zero-order valence-corrected chi connectivity index (χ0v) is 12.1. The molecule has 2 heterocycles. The van der Waals surface area contributed by atoms with Crippen LogP contribution in [0.25, 0.3) is 0 Å². The number of hydrogen-bond donors (Lipinski definition) is 1. The van der Waals surface area contributed by atoms with E-state index in [-0.39, 0.29) is 0 Å². The second-order valence-electron chi connectivity index (χ2n) is 6.07. The standard InChI is InChI=1S/C14H29N3O/c1-11-9-17(10-12(2)16(11)3)14(8-15)13-4-6-18-7-5-13/h11-14H,4-10,15H2,1-3H3. The number of ether oxygens (including phenoxy) is 1. The Morgan fingerprint density at radius 1 is 1.17 bits per heavy atom. The zero-order chi connectivity index (χ0) is 13.1. The number of nitrogens with zero attached hydrogens (tertiary/aromatic N) is 2. The maximum Gasteiger partial charge on any atom is 0.0469 e. The van der Waals surface area contributed by atoms with Crippen molar-refractivity contribution < 1.29 is 4.74 Å². The fraction of sp³-hybridized carbons (Fsp3) is 1.00. The van der Waals surface area contributed by atoms with E-state index in [1.54, 1.807) is 0 Å². The summed E-state index contributed by atoms with van der Waals surface area (Å²) in [5, 5.41) is 0. The molecule has 2 aliphatic rings. The first-order valence-electron chi connectivity index (χ1n) is 7.37. The summed E-state index contributed by atoms with van der Waals surface area (Å²) in [4.78, 5) is 5.11. The van der Waals surface area contributed by atoms with Crippen molar-refractivity contribution in [3.63, 3.8) is 0 Å². The molecule has 18 heavy (non-hydrogen) atoms. The first kappa shape index (κ1) is 14.3. The zero-order valence-electron chi connectivity index (χ0n) is 12.1. The van der Waals surface area contributed by atoms with Crippen LogP contribution >= 0.6 is 0 Å². The van der Waals surface area contributed by atoms with Crippen LogP contribution in [0.4, 0.5) is 0 Å². The van der Waals surface area contributed by atoms with Crippen LogP contribution in [0.2, 0.25) is 0 Å². The van der Waals surface area contributed by atoms with Crippen LogP contribution in [0, 0.1) is 5.92 Å². The molecule has 0 aromatic rings. The van der Waals surface area contributed by atoms with E-state index in [2.05, 4.69) is 30.7 Å². The molecule has 2 aliphatic heterocycles. The SMILES string of the molecule is CC1CN(C(CN)C2CCOCC2)CC(C)N1C. The first-order valence-corrected chi connectivity index (χ1v) is 7.37. The van der Waals surface area contributed by atoms with Gasteiger partial charge in [0.25, 0.3) is 0 Å². The van der Waals surface area contributed by atoms with Gasteiger partial charge in [0.2, 0.25) is 0 Å². The lowest BCUT2D eigenvalue weighted by molar-refractivity contribution is -0.0118. The van der Waals surface area contributed by atoms with E-state index in [4.69, 9.17) is 10.5 Å². The smallest absolute Gasteiger partial charge is 0.0469 e. The Hall–Kier alpha value is -0.160. The van der Waals surface area contributed by atoms with Crippen LogP contribution in [0.5, 0.6) is 0 Å². The molecule has 106 valence electrons. The molecule has 2 fully saturated rings. The minimum absolute atomic E-state index is 0.549. The monoisotopic (exact) mass is 255 g/mol. The van der Waals surface area contributed by atoms with E-state index in [0.717, 1.165) is 38.8 Å². The van der Waals surface area contributed by atoms with Crippen molar-refractivity contribution >= 4 is 0 Å². The lowest BCUT2D eigenvalue weighted by Gasteiger charge is -2.47. The van der Waals surface area contributed by atoms with Gasteiger partial charge in [0, 0.05) is 51.0 Å². The average Bonchev–Trinajstić information content (AvgIpc) is 2.38. The molecular weight excluding hydrogens is 226 g/mol. The van der Waals surface area contributed by atoms with Crippen LogP contribution in [-0.4, -0.2) is 67.8 Å². The van der Waals surface area contributed by atoms with E-state index in [9.17, 15) is 0 Å². The van der Waals surface area contributed by atoms with E-state index >= 15 is 0 Å². The van der Waals surface area contributed by atoms with Gasteiger partial charge in [-0.15, -0.1) is 0 Å². The Morgan fingerprint density at radius 3 is 2.22 bits per heavy atom. The summed E-state index contributed by atoms with van der Waals surface area (Å²) < 4.78 is 5.47. The highest BCUT2D eigenvalue weighted by Gasteiger charge is 2.34. The predicted octanol–water partition coefficient (Wildman–Crippen LogP) is 0.765. The average molecular weight is 255 g/mol. The summed E-state index contributed by atoms with van der Waals surface area (Å²) >= 11 is 0. The highest BCUT2D eigenvalue weighted by atomic mass is 16.5. The molecule has 2 rings (SSSR count). The van der Waals surface area contributed by atoms with Crippen LogP contribution < -0.4 is 5.73 Å². The van der Waals surface area contributed by atoms with E-state index in [1.807, 2.05) is 0 Å².